The highest BCUT2D eigenvalue weighted by atomic mass is 15.1. The molecule has 2 saturated carbocycles. The summed E-state index contributed by atoms with van der Waals surface area (Å²) in [4.78, 5) is 2.37. The SMILES string of the molecule is CC(C)C(CNC1CCCC(C2CC2)C1)N(C)C. The predicted molar refractivity (Wildman–Crippen MR) is 78.8 cm³/mol. The fourth-order valence-corrected chi connectivity index (χ4v) is 3.71. The van der Waals surface area contributed by atoms with E-state index >= 15 is 0 Å². The van der Waals surface area contributed by atoms with Gasteiger partial charge in [0.2, 0.25) is 0 Å². The Labute approximate surface area is 114 Å². The summed E-state index contributed by atoms with van der Waals surface area (Å²) in [6.45, 7) is 5.83. The predicted octanol–water partition coefficient (Wildman–Crippen LogP) is 3.13. The van der Waals surface area contributed by atoms with Crippen LogP contribution in [-0.2, 0) is 0 Å². The average molecular weight is 252 g/mol. The molecule has 106 valence electrons. The molecule has 0 aliphatic heterocycles. The minimum atomic E-state index is 0.673. The highest BCUT2D eigenvalue weighted by Gasteiger charge is 2.34. The normalized spacial score (nSPS) is 31.0. The summed E-state index contributed by atoms with van der Waals surface area (Å²) >= 11 is 0. The molecule has 3 unspecified atom stereocenters. The zero-order valence-corrected chi connectivity index (χ0v) is 12.8. The van der Waals surface area contributed by atoms with Gasteiger partial charge in [0.05, 0.1) is 0 Å². The maximum Gasteiger partial charge on any atom is 0.0237 e. The molecule has 1 N–H and O–H groups in total. The number of hydrogen-bond donors (Lipinski definition) is 1. The van der Waals surface area contributed by atoms with Crippen molar-refractivity contribution in [1.82, 2.24) is 10.2 Å². The lowest BCUT2D eigenvalue weighted by Crippen LogP contribution is -2.46. The van der Waals surface area contributed by atoms with E-state index in [1.165, 1.54) is 38.5 Å². The van der Waals surface area contributed by atoms with Crippen molar-refractivity contribution < 1.29 is 0 Å². The van der Waals surface area contributed by atoms with Crippen LogP contribution in [0.3, 0.4) is 0 Å². The zero-order valence-electron chi connectivity index (χ0n) is 12.8. The Hall–Kier alpha value is -0.0800. The molecule has 0 aromatic heterocycles. The summed E-state index contributed by atoms with van der Waals surface area (Å²) < 4.78 is 0. The van der Waals surface area contributed by atoms with Crippen LogP contribution in [0.25, 0.3) is 0 Å². The van der Waals surface area contributed by atoms with E-state index in [4.69, 9.17) is 0 Å². The van der Waals surface area contributed by atoms with E-state index in [1.54, 1.807) is 0 Å². The van der Waals surface area contributed by atoms with Crippen molar-refractivity contribution in [3.63, 3.8) is 0 Å². The molecule has 0 bridgehead atoms. The van der Waals surface area contributed by atoms with Crippen LogP contribution in [0, 0.1) is 17.8 Å². The summed E-state index contributed by atoms with van der Waals surface area (Å²) in [6, 6.07) is 1.47. The maximum atomic E-state index is 3.86. The first-order chi connectivity index (χ1) is 8.58. The largest absolute Gasteiger partial charge is 0.312 e. The summed E-state index contributed by atoms with van der Waals surface area (Å²) in [5, 5.41) is 3.86. The van der Waals surface area contributed by atoms with Crippen LogP contribution < -0.4 is 5.32 Å². The molecule has 0 radical (unpaired) electrons. The van der Waals surface area contributed by atoms with Crippen LogP contribution in [0.5, 0.6) is 0 Å². The first kappa shape index (κ1) is 14.3. The molecule has 2 aliphatic rings. The van der Waals surface area contributed by atoms with Gasteiger partial charge in [-0.05, 0) is 57.5 Å². The Morgan fingerprint density at radius 1 is 1.06 bits per heavy atom. The highest BCUT2D eigenvalue weighted by Crippen LogP contribution is 2.43. The second-order valence-corrected chi connectivity index (χ2v) is 7.14. The minimum Gasteiger partial charge on any atom is -0.312 e. The standard InChI is InChI=1S/C16H32N2/c1-12(2)16(18(3)4)11-17-15-7-5-6-14(10-15)13-8-9-13/h12-17H,5-11H2,1-4H3. The van der Waals surface area contributed by atoms with Gasteiger partial charge in [-0.25, -0.2) is 0 Å². The van der Waals surface area contributed by atoms with Gasteiger partial charge in [0.15, 0.2) is 0 Å². The Morgan fingerprint density at radius 2 is 1.78 bits per heavy atom. The van der Waals surface area contributed by atoms with E-state index in [1.807, 2.05) is 0 Å². The molecule has 2 fully saturated rings. The van der Waals surface area contributed by atoms with Crippen LogP contribution >= 0.6 is 0 Å². The van der Waals surface area contributed by atoms with Crippen molar-refractivity contribution in [1.29, 1.82) is 0 Å². The Kier molecular flexibility index (Phi) is 5.08. The van der Waals surface area contributed by atoms with Gasteiger partial charge in [-0.1, -0.05) is 26.7 Å². The van der Waals surface area contributed by atoms with Gasteiger partial charge in [-0.2, -0.15) is 0 Å². The van der Waals surface area contributed by atoms with Gasteiger partial charge in [-0.3, -0.25) is 0 Å². The molecule has 18 heavy (non-hydrogen) atoms. The van der Waals surface area contributed by atoms with E-state index in [-0.39, 0.29) is 0 Å². The number of hydrogen-bond acceptors (Lipinski definition) is 2. The molecule has 3 atom stereocenters. The third-order valence-corrected chi connectivity index (χ3v) is 5.05. The van der Waals surface area contributed by atoms with E-state index < -0.39 is 0 Å². The first-order valence-electron chi connectivity index (χ1n) is 7.97. The zero-order chi connectivity index (χ0) is 13.1. The molecule has 0 spiro atoms. The Balaban J connectivity index is 1.74. The quantitative estimate of drug-likeness (QED) is 0.781. The second-order valence-electron chi connectivity index (χ2n) is 7.14. The summed E-state index contributed by atoms with van der Waals surface area (Å²) in [5.74, 6) is 2.88. The minimum absolute atomic E-state index is 0.673. The van der Waals surface area contributed by atoms with Crippen LogP contribution in [0.2, 0.25) is 0 Å². The van der Waals surface area contributed by atoms with Crippen molar-refractivity contribution in [2.24, 2.45) is 17.8 Å². The second kappa shape index (κ2) is 6.38. The van der Waals surface area contributed by atoms with Crippen molar-refractivity contribution in [2.75, 3.05) is 20.6 Å². The molecule has 0 saturated heterocycles. The molecular formula is C16H32N2. The smallest absolute Gasteiger partial charge is 0.0237 e. The topological polar surface area (TPSA) is 15.3 Å². The van der Waals surface area contributed by atoms with Crippen molar-refractivity contribution in [3.8, 4) is 0 Å². The molecule has 0 aromatic rings. The molecular weight excluding hydrogens is 220 g/mol. The summed E-state index contributed by atoms with van der Waals surface area (Å²) in [5.41, 5.74) is 0. The van der Waals surface area contributed by atoms with Crippen molar-refractivity contribution in [3.05, 3.63) is 0 Å². The van der Waals surface area contributed by atoms with Crippen molar-refractivity contribution >= 4 is 0 Å². The Morgan fingerprint density at radius 3 is 2.33 bits per heavy atom. The molecule has 2 rings (SSSR count). The summed E-state index contributed by atoms with van der Waals surface area (Å²) in [6.07, 6.45) is 8.84. The molecule has 2 nitrogen and oxygen atoms in total. The fourth-order valence-electron chi connectivity index (χ4n) is 3.71. The van der Waals surface area contributed by atoms with Gasteiger partial charge < -0.3 is 10.2 Å². The number of rotatable bonds is 6. The highest BCUT2D eigenvalue weighted by molar-refractivity contribution is 4.88. The van der Waals surface area contributed by atoms with Gasteiger partial charge in [-0.15, -0.1) is 0 Å². The molecule has 2 aliphatic carbocycles. The van der Waals surface area contributed by atoms with Gasteiger partial charge in [0.25, 0.3) is 0 Å². The third kappa shape index (κ3) is 3.96. The average Bonchev–Trinajstić information content (AvgIpc) is 3.12. The van der Waals surface area contributed by atoms with E-state index in [0.717, 1.165) is 30.3 Å². The maximum absolute atomic E-state index is 3.86. The van der Waals surface area contributed by atoms with E-state index in [0.29, 0.717) is 6.04 Å². The lowest BCUT2D eigenvalue weighted by Gasteiger charge is -2.34. The van der Waals surface area contributed by atoms with Crippen LogP contribution in [0.1, 0.15) is 52.4 Å². The van der Waals surface area contributed by atoms with Gasteiger partial charge >= 0.3 is 0 Å². The van der Waals surface area contributed by atoms with E-state index in [2.05, 4.69) is 38.2 Å². The van der Waals surface area contributed by atoms with Crippen LogP contribution in [0.15, 0.2) is 0 Å². The number of likely N-dealkylation sites (N-methyl/N-ethyl adjacent to an activating group) is 1. The van der Waals surface area contributed by atoms with E-state index in [9.17, 15) is 0 Å². The fraction of sp³-hybridized carbons (Fsp3) is 1.00. The lowest BCUT2D eigenvalue weighted by molar-refractivity contribution is 0.198. The first-order valence-corrected chi connectivity index (χ1v) is 7.97. The number of nitrogens with one attached hydrogen (secondary N) is 1. The van der Waals surface area contributed by atoms with Crippen LogP contribution in [0.4, 0.5) is 0 Å². The van der Waals surface area contributed by atoms with Gasteiger partial charge in [0.1, 0.15) is 0 Å². The lowest BCUT2D eigenvalue weighted by atomic mass is 9.82. The van der Waals surface area contributed by atoms with Crippen LogP contribution in [-0.4, -0.2) is 37.6 Å². The molecule has 2 heteroatoms. The van der Waals surface area contributed by atoms with Gasteiger partial charge in [0, 0.05) is 18.6 Å². The Bertz CT molecular complexity index is 237. The molecule has 0 aromatic carbocycles. The third-order valence-electron chi connectivity index (χ3n) is 5.05. The van der Waals surface area contributed by atoms with Crippen molar-refractivity contribution in [2.45, 2.75) is 64.5 Å². The molecule has 0 heterocycles. The summed E-state index contributed by atoms with van der Waals surface area (Å²) in [7, 11) is 4.42. The monoisotopic (exact) mass is 252 g/mol. The molecule has 0 amide bonds. The number of nitrogens with zero attached hydrogens (tertiary/aromatic N) is 1.